The lowest BCUT2D eigenvalue weighted by Crippen LogP contribution is -2.45. The molecule has 3 unspecified atom stereocenters. The van der Waals surface area contributed by atoms with Gasteiger partial charge in [-0.05, 0) is 42.3 Å². The fourth-order valence-corrected chi connectivity index (χ4v) is 4.28. The van der Waals surface area contributed by atoms with Crippen LogP contribution in [0, 0.1) is 11.8 Å². The Morgan fingerprint density at radius 1 is 1.19 bits per heavy atom. The zero-order valence-electron chi connectivity index (χ0n) is 12.9. The van der Waals surface area contributed by atoms with E-state index >= 15 is 0 Å². The van der Waals surface area contributed by atoms with Crippen molar-refractivity contribution in [3.63, 3.8) is 0 Å². The highest BCUT2D eigenvalue weighted by Gasteiger charge is 2.32. The van der Waals surface area contributed by atoms with E-state index in [1.807, 2.05) is 6.07 Å². The van der Waals surface area contributed by atoms with Gasteiger partial charge in [0.25, 0.3) is 0 Å². The summed E-state index contributed by atoms with van der Waals surface area (Å²) in [5, 5.41) is 1.23. The molecular formula is C17H23N3S. The van der Waals surface area contributed by atoms with Crippen LogP contribution in [0.15, 0.2) is 30.3 Å². The van der Waals surface area contributed by atoms with Crippen molar-refractivity contribution in [2.45, 2.75) is 33.2 Å². The van der Waals surface area contributed by atoms with E-state index in [2.05, 4.69) is 54.3 Å². The van der Waals surface area contributed by atoms with Gasteiger partial charge in [0.2, 0.25) is 0 Å². The smallest absolute Gasteiger partial charge is 0.147 e. The molecule has 0 spiro atoms. The fourth-order valence-electron chi connectivity index (χ4n) is 3.35. The van der Waals surface area contributed by atoms with Crippen LogP contribution in [-0.2, 0) is 0 Å². The average molecular weight is 301 g/mol. The van der Waals surface area contributed by atoms with Crippen molar-refractivity contribution in [1.29, 1.82) is 0 Å². The van der Waals surface area contributed by atoms with Gasteiger partial charge in [-0.25, -0.2) is 0 Å². The summed E-state index contributed by atoms with van der Waals surface area (Å²) >= 11 is 1.54. The van der Waals surface area contributed by atoms with Crippen molar-refractivity contribution in [2.24, 2.45) is 11.8 Å². The van der Waals surface area contributed by atoms with Crippen molar-refractivity contribution >= 4 is 22.4 Å². The van der Waals surface area contributed by atoms with E-state index in [0.29, 0.717) is 23.7 Å². The highest BCUT2D eigenvalue weighted by atomic mass is 32.1. The molecule has 1 aromatic heterocycles. The summed E-state index contributed by atoms with van der Waals surface area (Å²) in [7, 11) is 0. The van der Waals surface area contributed by atoms with Gasteiger partial charge in [0.15, 0.2) is 0 Å². The highest BCUT2D eigenvalue weighted by Crippen LogP contribution is 2.43. The average Bonchev–Trinajstić information content (AvgIpc) is 2.85. The standard InChI is InChI=1S/C17H23N3S/c1-11-9-12(2)13(3)20(10-11)17-15(16(18)19-21-17)14-7-5-4-6-8-14/h4-8,11-13H,9-10H2,1-3H3,(H2,18,19). The minimum absolute atomic E-state index is 0.531. The lowest BCUT2D eigenvalue weighted by Gasteiger charge is -2.42. The molecule has 1 aliphatic heterocycles. The summed E-state index contributed by atoms with van der Waals surface area (Å²) in [5.74, 6) is 2.06. The predicted octanol–water partition coefficient (Wildman–Crippen LogP) is 4.26. The molecule has 1 saturated heterocycles. The second-order valence-corrected chi connectivity index (χ2v) is 7.08. The predicted molar refractivity (Wildman–Crippen MR) is 91.7 cm³/mol. The van der Waals surface area contributed by atoms with E-state index in [-0.39, 0.29) is 0 Å². The molecule has 3 nitrogen and oxygen atoms in total. The third-order valence-corrected chi connectivity index (χ3v) is 5.52. The van der Waals surface area contributed by atoms with Gasteiger partial charge in [-0.3, -0.25) is 0 Å². The quantitative estimate of drug-likeness (QED) is 0.901. The van der Waals surface area contributed by atoms with E-state index in [4.69, 9.17) is 5.73 Å². The Kier molecular flexibility index (Phi) is 3.89. The van der Waals surface area contributed by atoms with Crippen molar-refractivity contribution in [1.82, 2.24) is 4.37 Å². The molecular weight excluding hydrogens is 278 g/mol. The van der Waals surface area contributed by atoms with E-state index in [1.54, 1.807) is 0 Å². The Hall–Kier alpha value is -1.55. The first-order valence-corrected chi connectivity index (χ1v) is 8.42. The molecule has 1 fully saturated rings. The van der Waals surface area contributed by atoms with Crippen molar-refractivity contribution < 1.29 is 0 Å². The van der Waals surface area contributed by atoms with Crippen molar-refractivity contribution in [3.8, 4) is 11.1 Å². The molecule has 0 bridgehead atoms. The van der Waals surface area contributed by atoms with Gasteiger partial charge < -0.3 is 10.6 Å². The summed E-state index contributed by atoms with van der Waals surface area (Å²) in [6, 6.07) is 10.9. The molecule has 3 atom stereocenters. The molecule has 21 heavy (non-hydrogen) atoms. The van der Waals surface area contributed by atoms with Gasteiger partial charge in [-0.15, -0.1) is 0 Å². The first-order chi connectivity index (χ1) is 10.1. The Morgan fingerprint density at radius 3 is 2.62 bits per heavy atom. The van der Waals surface area contributed by atoms with E-state index in [0.717, 1.165) is 17.7 Å². The second kappa shape index (κ2) is 5.68. The van der Waals surface area contributed by atoms with Crippen LogP contribution in [0.2, 0.25) is 0 Å². The lowest BCUT2D eigenvalue weighted by molar-refractivity contribution is 0.298. The third-order valence-electron chi connectivity index (χ3n) is 4.62. The lowest BCUT2D eigenvalue weighted by atomic mass is 9.86. The van der Waals surface area contributed by atoms with Gasteiger partial charge in [0.05, 0.1) is 5.56 Å². The van der Waals surface area contributed by atoms with Crippen LogP contribution in [0.5, 0.6) is 0 Å². The topological polar surface area (TPSA) is 42.2 Å². The Morgan fingerprint density at radius 2 is 1.90 bits per heavy atom. The maximum atomic E-state index is 6.17. The number of anilines is 2. The zero-order valence-corrected chi connectivity index (χ0v) is 13.7. The molecule has 112 valence electrons. The largest absolute Gasteiger partial charge is 0.382 e. The van der Waals surface area contributed by atoms with Gasteiger partial charge >= 0.3 is 0 Å². The van der Waals surface area contributed by atoms with Crippen LogP contribution in [0.4, 0.5) is 10.8 Å². The Balaban J connectivity index is 2.03. The first kappa shape index (κ1) is 14.4. The molecule has 0 amide bonds. The van der Waals surface area contributed by atoms with Crippen LogP contribution < -0.4 is 10.6 Å². The number of nitrogens with zero attached hydrogens (tertiary/aromatic N) is 2. The molecule has 1 aromatic carbocycles. The number of benzene rings is 1. The van der Waals surface area contributed by atoms with Crippen LogP contribution in [0.3, 0.4) is 0 Å². The van der Waals surface area contributed by atoms with Crippen LogP contribution in [0.1, 0.15) is 27.2 Å². The number of hydrogen-bond acceptors (Lipinski definition) is 4. The minimum Gasteiger partial charge on any atom is -0.382 e. The number of hydrogen-bond donors (Lipinski definition) is 1. The minimum atomic E-state index is 0.531. The Labute approximate surface area is 131 Å². The van der Waals surface area contributed by atoms with Crippen LogP contribution in [0.25, 0.3) is 11.1 Å². The molecule has 3 rings (SSSR count). The number of nitrogens with two attached hydrogens (primary N) is 1. The second-order valence-electron chi connectivity index (χ2n) is 6.33. The van der Waals surface area contributed by atoms with Crippen molar-refractivity contribution in [2.75, 3.05) is 17.2 Å². The molecule has 0 aliphatic carbocycles. The normalized spacial score (nSPS) is 26.0. The third kappa shape index (κ3) is 2.64. The summed E-state index contributed by atoms with van der Waals surface area (Å²) in [6.07, 6.45) is 1.30. The van der Waals surface area contributed by atoms with E-state index < -0.39 is 0 Å². The van der Waals surface area contributed by atoms with Crippen LogP contribution in [-0.4, -0.2) is 17.0 Å². The summed E-state index contributed by atoms with van der Waals surface area (Å²) in [4.78, 5) is 2.51. The molecule has 0 saturated carbocycles. The molecule has 4 heteroatoms. The number of piperidine rings is 1. The number of nitrogen functional groups attached to an aromatic ring is 1. The van der Waals surface area contributed by atoms with E-state index in [9.17, 15) is 0 Å². The maximum Gasteiger partial charge on any atom is 0.147 e. The maximum absolute atomic E-state index is 6.17. The monoisotopic (exact) mass is 301 g/mol. The van der Waals surface area contributed by atoms with Gasteiger partial charge in [-0.1, -0.05) is 44.2 Å². The first-order valence-electron chi connectivity index (χ1n) is 7.65. The van der Waals surface area contributed by atoms with Gasteiger partial charge in [-0.2, -0.15) is 4.37 Å². The Bertz CT molecular complexity index is 608. The molecule has 1 aliphatic rings. The summed E-state index contributed by atoms with van der Waals surface area (Å²) in [5.41, 5.74) is 8.44. The van der Waals surface area contributed by atoms with Gasteiger partial charge in [0.1, 0.15) is 10.8 Å². The summed E-state index contributed by atoms with van der Waals surface area (Å²) in [6.45, 7) is 8.09. The van der Waals surface area contributed by atoms with Gasteiger partial charge in [0, 0.05) is 12.6 Å². The van der Waals surface area contributed by atoms with Crippen LogP contribution >= 0.6 is 11.5 Å². The highest BCUT2D eigenvalue weighted by molar-refractivity contribution is 7.11. The van der Waals surface area contributed by atoms with E-state index in [1.165, 1.54) is 23.0 Å². The zero-order chi connectivity index (χ0) is 15.0. The fraction of sp³-hybridized carbons (Fsp3) is 0.471. The molecule has 2 aromatic rings. The molecule has 0 radical (unpaired) electrons. The summed E-state index contributed by atoms with van der Waals surface area (Å²) < 4.78 is 4.43. The number of aromatic nitrogens is 1. The molecule has 2 N–H and O–H groups in total. The van der Waals surface area contributed by atoms with Crippen molar-refractivity contribution in [3.05, 3.63) is 30.3 Å². The SMILES string of the molecule is CC1CC(C)C(C)N(c2snc(N)c2-c2ccccc2)C1. The molecule has 2 heterocycles. The number of rotatable bonds is 2.